The van der Waals surface area contributed by atoms with E-state index in [1.807, 2.05) is 19.1 Å². The SMILES string of the molecule is CC[C@H](C)c1ccc(NC(=O)CN2C(=O)C(=O)N([C@@H]3CCCC[C@@H]3C)C2=O)cc1. The molecule has 1 aliphatic carbocycles. The highest BCUT2D eigenvalue weighted by Crippen LogP contribution is 2.31. The van der Waals surface area contributed by atoms with Crippen LogP contribution in [-0.2, 0) is 14.4 Å². The van der Waals surface area contributed by atoms with Crippen molar-refractivity contribution in [1.82, 2.24) is 9.80 Å². The number of nitrogens with one attached hydrogen (secondary N) is 1. The molecule has 156 valence electrons. The lowest BCUT2D eigenvalue weighted by molar-refractivity contribution is -0.145. The lowest BCUT2D eigenvalue weighted by Crippen LogP contribution is -2.46. The first-order valence-corrected chi connectivity index (χ1v) is 10.4. The normalized spacial score (nSPS) is 23.5. The zero-order chi connectivity index (χ0) is 21.1. The van der Waals surface area contributed by atoms with E-state index in [0.717, 1.165) is 35.5 Å². The van der Waals surface area contributed by atoms with Crippen LogP contribution in [-0.4, -0.2) is 46.1 Å². The summed E-state index contributed by atoms with van der Waals surface area (Å²) in [6, 6.07) is 6.55. The molecule has 0 radical (unpaired) electrons. The van der Waals surface area contributed by atoms with Gasteiger partial charge in [-0.3, -0.25) is 19.3 Å². The lowest BCUT2D eigenvalue weighted by atomic mass is 9.85. The molecule has 1 N–H and O–H groups in total. The monoisotopic (exact) mass is 399 g/mol. The molecular weight excluding hydrogens is 370 g/mol. The number of benzene rings is 1. The Morgan fingerprint density at radius 2 is 1.76 bits per heavy atom. The number of rotatable bonds is 6. The van der Waals surface area contributed by atoms with Crippen LogP contribution >= 0.6 is 0 Å². The molecule has 0 spiro atoms. The number of hydrogen-bond acceptors (Lipinski definition) is 4. The molecule has 7 heteroatoms. The Hall–Kier alpha value is -2.70. The topological polar surface area (TPSA) is 86.8 Å². The van der Waals surface area contributed by atoms with Gasteiger partial charge >= 0.3 is 17.8 Å². The van der Waals surface area contributed by atoms with Crippen LogP contribution in [0, 0.1) is 5.92 Å². The molecule has 2 aliphatic rings. The molecule has 2 fully saturated rings. The average Bonchev–Trinajstić information content (AvgIpc) is 2.92. The molecule has 1 saturated carbocycles. The second-order valence-electron chi connectivity index (χ2n) is 8.16. The minimum atomic E-state index is -0.921. The van der Waals surface area contributed by atoms with Gasteiger partial charge in [0.25, 0.3) is 0 Å². The molecular formula is C22H29N3O4. The third kappa shape index (κ3) is 4.33. The predicted octanol–water partition coefficient (Wildman–Crippen LogP) is 3.51. The Morgan fingerprint density at radius 3 is 2.38 bits per heavy atom. The summed E-state index contributed by atoms with van der Waals surface area (Å²) in [5, 5.41) is 2.70. The van der Waals surface area contributed by atoms with E-state index in [2.05, 4.69) is 19.2 Å². The summed E-state index contributed by atoms with van der Waals surface area (Å²) in [5.74, 6) is -1.66. The zero-order valence-corrected chi connectivity index (χ0v) is 17.3. The van der Waals surface area contributed by atoms with E-state index in [0.29, 0.717) is 18.0 Å². The number of carbonyl (C=O) groups excluding carboxylic acids is 4. The van der Waals surface area contributed by atoms with Crippen molar-refractivity contribution in [2.24, 2.45) is 5.92 Å². The summed E-state index contributed by atoms with van der Waals surface area (Å²) >= 11 is 0. The highest BCUT2D eigenvalue weighted by molar-refractivity contribution is 6.45. The van der Waals surface area contributed by atoms with E-state index in [4.69, 9.17) is 0 Å². The number of nitrogens with zero attached hydrogens (tertiary/aromatic N) is 2. The quantitative estimate of drug-likeness (QED) is 0.586. The molecule has 3 atom stereocenters. The molecule has 0 bridgehead atoms. The van der Waals surface area contributed by atoms with Gasteiger partial charge in [-0.2, -0.15) is 0 Å². The van der Waals surface area contributed by atoms with Gasteiger partial charge in [0.1, 0.15) is 6.54 Å². The molecule has 29 heavy (non-hydrogen) atoms. The van der Waals surface area contributed by atoms with Gasteiger partial charge in [0.2, 0.25) is 5.91 Å². The molecule has 5 amide bonds. The maximum absolute atomic E-state index is 12.7. The molecule has 0 unspecified atom stereocenters. The van der Waals surface area contributed by atoms with Gasteiger partial charge in [-0.25, -0.2) is 9.69 Å². The van der Waals surface area contributed by atoms with E-state index in [1.165, 1.54) is 5.56 Å². The second kappa shape index (κ2) is 8.76. The fourth-order valence-corrected chi connectivity index (χ4v) is 4.11. The van der Waals surface area contributed by atoms with Gasteiger partial charge in [0, 0.05) is 11.7 Å². The maximum Gasteiger partial charge on any atom is 0.334 e. The summed E-state index contributed by atoms with van der Waals surface area (Å²) < 4.78 is 0. The third-order valence-electron chi connectivity index (χ3n) is 6.16. The van der Waals surface area contributed by atoms with E-state index < -0.39 is 30.3 Å². The van der Waals surface area contributed by atoms with Gasteiger partial charge in [0.15, 0.2) is 0 Å². The van der Waals surface area contributed by atoms with Crippen LogP contribution in [0.15, 0.2) is 24.3 Å². The summed E-state index contributed by atoms with van der Waals surface area (Å²) in [5.41, 5.74) is 1.77. The summed E-state index contributed by atoms with van der Waals surface area (Å²) in [7, 11) is 0. The average molecular weight is 399 g/mol. The van der Waals surface area contributed by atoms with E-state index in [1.54, 1.807) is 12.1 Å². The Balaban J connectivity index is 1.64. The Labute approximate surface area is 171 Å². The first-order valence-electron chi connectivity index (χ1n) is 10.4. The van der Waals surface area contributed by atoms with Crippen molar-refractivity contribution in [3.8, 4) is 0 Å². The van der Waals surface area contributed by atoms with E-state index >= 15 is 0 Å². The highest BCUT2D eigenvalue weighted by atomic mass is 16.2. The lowest BCUT2D eigenvalue weighted by Gasteiger charge is -2.34. The number of urea groups is 1. The molecule has 7 nitrogen and oxygen atoms in total. The van der Waals surface area contributed by atoms with Crippen LogP contribution in [0.1, 0.15) is 64.4 Å². The molecule has 1 aliphatic heterocycles. The van der Waals surface area contributed by atoms with Crippen molar-refractivity contribution < 1.29 is 19.2 Å². The standard InChI is InChI=1S/C22H29N3O4/c1-4-14(2)16-9-11-17(12-10-16)23-19(26)13-24-20(27)21(28)25(22(24)29)18-8-6-5-7-15(18)3/h9-12,14-15,18H,4-8,13H2,1-3H3,(H,23,26)/t14-,15-,18+/m0/s1. The molecule has 1 saturated heterocycles. The Bertz CT molecular complexity index is 805. The Morgan fingerprint density at radius 1 is 1.10 bits per heavy atom. The predicted molar refractivity (Wildman–Crippen MR) is 109 cm³/mol. The van der Waals surface area contributed by atoms with Crippen molar-refractivity contribution in [3.63, 3.8) is 0 Å². The van der Waals surface area contributed by atoms with Crippen LogP contribution in [0.4, 0.5) is 10.5 Å². The first-order chi connectivity index (χ1) is 13.8. The summed E-state index contributed by atoms with van der Waals surface area (Å²) in [6.45, 7) is 5.78. The number of imide groups is 2. The van der Waals surface area contributed by atoms with Crippen LogP contribution in [0.3, 0.4) is 0 Å². The number of carbonyl (C=O) groups is 4. The van der Waals surface area contributed by atoms with Gasteiger partial charge in [-0.05, 0) is 48.8 Å². The van der Waals surface area contributed by atoms with Crippen LogP contribution < -0.4 is 5.32 Å². The highest BCUT2D eigenvalue weighted by Gasteiger charge is 2.49. The number of hydrogen-bond donors (Lipinski definition) is 1. The van der Waals surface area contributed by atoms with Crippen LogP contribution in [0.2, 0.25) is 0 Å². The third-order valence-corrected chi connectivity index (χ3v) is 6.16. The number of amides is 5. The van der Waals surface area contributed by atoms with Gasteiger partial charge in [-0.1, -0.05) is 45.7 Å². The second-order valence-corrected chi connectivity index (χ2v) is 8.16. The fraction of sp³-hybridized carbons (Fsp3) is 0.545. The molecule has 1 aromatic carbocycles. The largest absolute Gasteiger partial charge is 0.334 e. The summed E-state index contributed by atoms with van der Waals surface area (Å²) in [6.07, 6.45) is 4.63. The fourth-order valence-electron chi connectivity index (χ4n) is 4.11. The summed E-state index contributed by atoms with van der Waals surface area (Å²) in [4.78, 5) is 51.7. The maximum atomic E-state index is 12.7. The smallest absolute Gasteiger partial charge is 0.325 e. The van der Waals surface area contributed by atoms with Crippen LogP contribution in [0.25, 0.3) is 0 Å². The minimum Gasteiger partial charge on any atom is -0.325 e. The minimum absolute atomic E-state index is 0.155. The van der Waals surface area contributed by atoms with Gasteiger partial charge in [-0.15, -0.1) is 0 Å². The first kappa shape index (κ1) is 21.0. The molecule has 1 aromatic rings. The van der Waals surface area contributed by atoms with Crippen molar-refractivity contribution in [2.75, 3.05) is 11.9 Å². The zero-order valence-electron chi connectivity index (χ0n) is 17.3. The van der Waals surface area contributed by atoms with E-state index in [-0.39, 0.29) is 12.0 Å². The van der Waals surface area contributed by atoms with Crippen molar-refractivity contribution in [2.45, 2.75) is 64.8 Å². The van der Waals surface area contributed by atoms with Gasteiger partial charge in [0.05, 0.1) is 0 Å². The van der Waals surface area contributed by atoms with Gasteiger partial charge < -0.3 is 5.32 Å². The van der Waals surface area contributed by atoms with Crippen molar-refractivity contribution in [1.29, 1.82) is 0 Å². The molecule has 1 heterocycles. The molecule has 0 aromatic heterocycles. The molecule has 3 rings (SSSR count). The Kier molecular flexibility index (Phi) is 6.35. The van der Waals surface area contributed by atoms with Crippen molar-refractivity contribution in [3.05, 3.63) is 29.8 Å². The van der Waals surface area contributed by atoms with Crippen LogP contribution in [0.5, 0.6) is 0 Å². The number of anilines is 1. The van der Waals surface area contributed by atoms with Crippen molar-refractivity contribution >= 4 is 29.4 Å². The van der Waals surface area contributed by atoms with E-state index in [9.17, 15) is 19.2 Å².